The predicted molar refractivity (Wildman–Crippen MR) is 144 cm³/mol. The third-order valence-electron chi connectivity index (χ3n) is 6.23. The summed E-state index contributed by atoms with van der Waals surface area (Å²) < 4.78 is 38.8. The summed E-state index contributed by atoms with van der Waals surface area (Å²) >= 11 is 1.04. The molecule has 2 aromatic carbocycles. The second kappa shape index (κ2) is 12.0. The van der Waals surface area contributed by atoms with E-state index in [-0.39, 0.29) is 22.5 Å². The SMILES string of the molecule is CCc1c(-c2cccc(OC3CCN(S(=O)(=O)Cc4ccccc4)CC3)c2)sc(C(=O)O)c1OCC(=O)O. The van der Waals surface area contributed by atoms with Crippen LogP contribution in [0.3, 0.4) is 0 Å². The molecule has 2 heterocycles. The first-order chi connectivity index (χ1) is 18.2. The highest BCUT2D eigenvalue weighted by molar-refractivity contribution is 7.88. The Bertz CT molecular complexity index is 1390. The van der Waals surface area contributed by atoms with Gasteiger partial charge in [-0.15, -0.1) is 11.3 Å². The average Bonchev–Trinajstić information content (AvgIpc) is 3.27. The van der Waals surface area contributed by atoms with E-state index in [2.05, 4.69) is 0 Å². The van der Waals surface area contributed by atoms with E-state index in [1.54, 1.807) is 18.2 Å². The van der Waals surface area contributed by atoms with Crippen molar-refractivity contribution < 1.29 is 37.7 Å². The van der Waals surface area contributed by atoms with Crippen molar-refractivity contribution in [3.63, 3.8) is 0 Å². The minimum Gasteiger partial charge on any atom is -0.490 e. The number of carboxylic acid groups (broad SMARTS) is 2. The maximum Gasteiger partial charge on any atom is 0.349 e. The van der Waals surface area contributed by atoms with Gasteiger partial charge in [0.05, 0.1) is 5.75 Å². The monoisotopic (exact) mass is 559 g/mol. The molecule has 38 heavy (non-hydrogen) atoms. The average molecular weight is 560 g/mol. The molecule has 202 valence electrons. The molecule has 0 spiro atoms. The van der Waals surface area contributed by atoms with Crippen molar-refractivity contribution in [3.05, 3.63) is 70.6 Å². The van der Waals surface area contributed by atoms with Crippen LogP contribution in [-0.4, -0.2) is 60.7 Å². The summed E-state index contributed by atoms with van der Waals surface area (Å²) in [6.07, 6.45) is 1.39. The molecule has 4 rings (SSSR count). The Labute approximate surface area is 225 Å². The second-order valence-electron chi connectivity index (χ2n) is 8.90. The number of rotatable bonds is 11. The van der Waals surface area contributed by atoms with Gasteiger partial charge < -0.3 is 19.7 Å². The van der Waals surface area contributed by atoms with E-state index in [0.717, 1.165) is 22.5 Å². The topological polar surface area (TPSA) is 130 Å². The van der Waals surface area contributed by atoms with Crippen molar-refractivity contribution in [1.29, 1.82) is 0 Å². The number of sulfonamides is 1. The number of carbonyl (C=O) groups is 2. The molecular formula is C27H29NO8S2. The van der Waals surface area contributed by atoms with Crippen LogP contribution in [0.2, 0.25) is 0 Å². The molecule has 1 fully saturated rings. The van der Waals surface area contributed by atoms with Gasteiger partial charge in [-0.25, -0.2) is 22.3 Å². The number of thiophene rings is 1. The summed E-state index contributed by atoms with van der Waals surface area (Å²) in [5.41, 5.74) is 2.12. The minimum absolute atomic E-state index is 0.0293. The summed E-state index contributed by atoms with van der Waals surface area (Å²) in [7, 11) is -3.42. The minimum atomic E-state index is -3.42. The van der Waals surface area contributed by atoms with E-state index in [0.29, 0.717) is 48.5 Å². The number of benzene rings is 2. The molecule has 1 aliphatic heterocycles. The third-order valence-corrected chi connectivity index (χ3v) is 9.33. The first-order valence-electron chi connectivity index (χ1n) is 12.2. The molecule has 0 aliphatic carbocycles. The van der Waals surface area contributed by atoms with Crippen molar-refractivity contribution in [2.24, 2.45) is 0 Å². The Hall–Kier alpha value is -3.41. The normalized spacial score (nSPS) is 14.8. The van der Waals surface area contributed by atoms with Gasteiger partial charge in [0, 0.05) is 23.5 Å². The molecule has 0 amide bonds. The molecule has 0 atom stereocenters. The first-order valence-corrected chi connectivity index (χ1v) is 14.6. The first kappa shape index (κ1) is 27.6. The largest absolute Gasteiger partial charge is 0.490 e. The lowest BCUT2D eigenvalue weighted by Gasteiger charge is -2.31. The predicted octanol–water partition coefficient (Wildman–Crippen LogP) is 4.51. The number of aliphatic carboxylic acids is 1. The van der Waals surface area contributed by atoms with E-state index >= 15 is 0 Å². The summed E-state index contributed by atoms with van der Waals surface area (Å²) in [4.78, 5) is 23.4. The molecular weight excluding hydrogens is 530 g/mol. The molecule has 11 heteroatoms. The van der Waals surface area contributed by atoms with E-state index in [1.165, 1.54) is 4.31 Å². The van der Waals surface area contributed by atoms with Crippen LogP contribution >= 0.6 is 11.3 Å². The van der Waals surface area contributed by atoms with Gasteiger partial charge in [0.15, 0.2) is 11.5 Å². The van der Waals surface area contributed by atoms with Crippen molar-refractivity contribution >= 4 is 33.3 Å². The molecule has 2 N–H and O–H groups in total. The fourth-order valence-electron chi connectivity index (χ4n) is 4.44. The van der Waals surface area contributed by atoms with Gasteiger partial charge in [0.25, 0.3) is 0 Å². The van der Waals surface area contributed by atoms with Crippen molar-refractivity contribution in [1.82, 2.24) is 4.31 Å². The number of hydrogen-bond acceptors (Lipinski definition) is 7. The highest BCUT2D eigenvalue weighted by atomic mass is 32.2. The number of aromatic carboxylic acids is 1. The van der Waals surface area contributed by atoms with E-state index < -0.39 is 28.6 Å². The van der Waals surface area contributed by atoms with Gasteiger partial charge >= 0.3 is 11.9 Å². The van der Waals surface area contributed by atoms with Gasteiger partial charge in [-0.05, 0) is 42.5 Å². The maximum absolute atomic E-state index is 12.8. The molecule has 9 nitrogen and oxygen atoms in total. The maximum atomic E-state index is 12.8. The van der Waals surface area contributed by atoms with Crippen LogP contribution in [0.5, 0.6) is 11.5 Å². The van der Waals surface area contributed by atoms with Gasteiger partial charge in [0.2, 0.25) is 10.0 Å². The van der Waals surface area contributed by atoms with Crippen LogP contribution < -0.4 is 9.47 Å². The second-order valence-corrected chi connectivity index (χ2v) is 11.9. The zero-order valence-electron chi connectivity index (χ0n) is 20.8. The summed E-state index contributed by atoms with van der Waals surface area (Å²) in [6.45, 7) is 1.96. The number of hydrogen-bond donors (Lipinski definition) is 2. The number of ether oxygens (including phenoxy) is 2. The third kappa shape index (κ3) is 6.53. The van der Waals surface area contributed by atoms with Crippen LogP contribution in [0.1, 0.15) is 40.6 Å². The lowest BCUT2D eigenvalue weighted by atomic mass is 10.1. The standard InChI is InChI=1S/C27H29NO8S2/c1-2-22-24(35-16-23(29)30)26(27(31)32)37-25(22)19-9-6-10-21(15-19)36-20-11-13-28(14-12-20)38(33,34)17-18-7-4-3-5-8-18/h3-10,15,20H,2,11-14,16-17H2,1H3,(H,29,30)(H,31,32). The Morgan fingerprint density at radius 3 is 2.39 bits per heavy atom. The van der Waals surface area contributed by atoms with E-state index in [1.807, 2.05) is 43.3 Å². The van der Waals surface area contributed by atoms with Crippen LogP contribution in [-0.2, 0) is 27.0 Å². The quantitative estimate of drug-likeness (QED) is 0.351. The fraction of sp³-hybridized carbons (Fsp3) is 0.333. The zero-order chi connectivity index (χ0) is 27.3. The van der Waals surface area contributed by atoms with Crippen LogP contribution in [0.4, 0.5) is 0 Å². The highest BCUT2D eigenvalue weighted by Gasteiger charge is 2.29. The zero-order valence-corrected chi connectivity index (χ0v) is 22.5. The van der Waals surface area contributed by atoms with Gasteiger partial charge in [0.1, 0.15) is 17.6 Å². The molecule has 0 saturated carbocycles. The van der Waals surface area contributed by atoms with Crippen LogP contribution in [0.15, 0.2) is 54.6 Å². The fourth-order valence-corrected chi connectivity index (χ4v) is 7.17. The van der Waals surface area contributed by atoms with Crippen LogP contribution in [0, 0.1) is 0 Å². The Balaban J connectivity index is 1.46. The van der Waals surface area contributed by atoms with Crippen LogP contribution in [0.25, 0.3) is 10.4 Å². The van der Waals surface area contributed by atoms with Crippen molar-refractivity contribution in [3.8, 4) is 21.9 Å². The van der Waals surface area contributed by atoms with Crippen molar-refractivity contribution in [2.45, 2.75) is 38.0 Å². The Morgan fingerprint density at radius 2 is 1.76 bits per heavy atom. The lowest BCUT2D eigenvalue weighted by molar-refractivity contribution is -0.139. The molecule has 0 unspecified atom stereocenters. The highest BCUT2D eigenvalue weighted by Crippen LogP contribution is 2.43. The molecule has 1 aromatic heterocycles. The smallest absolute Gasteiger partial charge is 0.349 e. The summed E-state index contributed by atoms with van der Waals surface area (Å²) in [5, 5.41) is 18.6. The van der Waals surface area contributed by atoms with E-state index in [9.17, 15) is 23.1 Å². The van der Waals surface area contributed by atoms with Gasteiger partial charge in [-0.1, -0.05) is 49.4 Å². The lowest BCUT2D eigenvalue weighted by Crippen LogP contribution is -2.42. The molecule has 3 aromatic rings. The van der Waals surface area contributed by atoms with Gasteiger partial charge in [-0.3, -0.25) is 0 Å². The van der Waals surface area contributed by atoms with Gasteiger partial charge in [-0.2, -0.15) is 0 Å². The molecule has 0 radical (unpaired) electrons. The number of nitrogens with zero attached hydrogens (tertiary/aromatic N) is 1. The molecule has 0 bridgehead atoms. The summed E-state index contributed by atoms with van der Waals surface area (Å²) in [6, 6.07) is 16.4. The van der Waals surface area contributed by atoms with E-state index in [4.69, 9.17) is 14.6 Å². The number of piperidine rings is 1. The summed E-state index contributed by atoms with van der Waals surface area (Å²) in [5.74, 6) is -1.73. The Kier molecular flexibility index (Phi) is 8.70. The van der Waals surface area contributed by atoms with Crippen molar-refractivity contribution in [2.75, 3.05) is 19.7 Å². The number of carboxylic acids is 2. The molecule has 1 aliphatic rings. The Morgan fingerprint density at radius 1 is 1.05 bits per heavy atom. The molecule has 1 saturated heterocycles.